The molecule has 0 amide bonds. The average molecular weight is 446 g/mol. The highest BCUT2D eigenvalue weighted by Gasteiger charge is 2.32. The van der Waals surface area contributed by atoms with Crippen LogP contribution in [-0.2, 0) is 10.0 Å². The molecule has 2 aromatic rings. The quantitative estimate of drug-likeness (QED) is 0.496. The highest BCUT2D eigenvalue weighted by molar-refractivity contribution is 7.89. The lowest BCUT2D eigenvalue weighted by molar-refractivity contribution is -0.384. The van der Waals surface area contributed by atoms with Crippen LogP contribution in [-0.4, -0.2) is 50.9 Å². The lowest BCUT2D eigenvalue weighted by atomic mass is 9.98. The highest BCUT2D eigenvalue weighted by Crippen LogP contribution is 2.37. The van der Waals surface area contributed by atoms with Crippen molar-refractivity contribution in [3.8, 4) is 5.75 Å². The summed E-state index contributed by atoms with van der Waals surface area (Å²) in [6, 6.07) is 12.2. The Morgan fingerprint density at radius 1 is 1.03 bits per heavy atom. The normalized spacial score (nSPS) is 20.0. The Hall–Kier alpha value is -2.65. The standard InChI is InChI=1S/C22H27N3O5S/c1-30-19-7-5-17(6-8-19)18-11-14-23(16-18)21-10-9-20(15-22(21)25(26)27)31(28,29)24-12-3-2-4-13-24/h5-10,15,18H,2-4,11-14,16H2,1H3. The number of benzene rings is 2. The summed E-state index contributed by atoms with van der Waals surface area (Å²) in [5.74, 6) is 1.04. The fraction of sp³-hybridized carbons (Fsp3) is 0.455. The van der Waals surface area contributed by atoms with Gasteiger partial charge in [0.15, 0.2) is 0 Å². The third kappa shape index (κ3) is 4.38. The van der Waals surface area contributed by atoms with Gasteiger partial charge in [-0.3, -0.25) is 10.1 Å². The molecule has 9 heteroatoms. The number of sulfonamides is 1. The molecule has 2 aliphatic rings. The summed E-state index contributed by atoms with van der Waals surface area (Å²) in [5.41, 5.74) is 1.47. The van der Waals surface area contributed by atoms with Crippen molar-refractivity contribution in [1.29, 1.82) is 0 Å². The Bertz CT molecular complexity index is 1050. The molecule has 2 saturated heterocycles. The third-order valence-electron chi connectivity index (χ3n) is 6.21. The van der Waals surface area contributed by atoms with E-state index in [9.17, 15) is 18.5 Å². The molecule has 166 valence electrons. The molecule has 2 heterocycles. The molecule has 0 aromatic heterocycles. The smallest absolute Gasteiger partial charge is 0.293 e. The van der Waals surface area contributed by atoms with E-state index in [1.54, 1.807) is 13.2 Å². The summed E-state index contributed by atoms with van der Waals surface area (Å²) in [5, 5.41) is 11.8. The Morgan fingerprint density at radius 3 is 2.39 bits per heavy atom. The Kier molecular flexibility index (Phi) is 6.15. The van der Waals surface area contributed by atoms with Crippen LogP contribution in [0.2, 0.25) is 0 Å². The summed E-state index contributed by atoms with van der Waals surface area (Å²) in [6.45, 7) is 2.25. The number of nitro benzene ring substituents is 1. The molecular weight excluding hydrogens is 418 g/mol. The van der Waals surface area contributed by atoms with E-state index in [0.29, 0.717) is 31.9 Å². The van der Waals surface area contributed by atoms with E-state index in [1.807, 2.05) is 29.2 Å². The van der Waals surface area contributed by atoms with Gasteiger partial charge in [0.1, 0.15) is 11.4 Å². The molecule has 2 fully saturated rings. The minimum atomic E-state index is -3.72. The molecule has 0 N–H and O–H groups in total. The first-order valence-corrected chi connectivity index (χ1v) is 12.0. The van der Waals surface area contributed by atoms with Crippen LogP contribution in [0.25, 0.3) is 0 Å². The predicted octanol–water partition coefficient (Wildman–Crippen LogP) is 3.77. The number of piperidine rings is 1. The summed E-state index contributed by atoms with van der Waals surface area (Å²) in [6.07, 6.45) is 3.52. The van der Waals surface area contributed by atoms with Gasteiger partial charge in [-0.05, 0) is 49.1 Å². The molecule has 2 aromatic carbocycles. The maximum Gasteiger partial charge on any atom is 0.293 e. The molecule has 0 radical (unpaired) electrons. The predicted molar refractivity (Wildman–Crippen MR) is 118 cm³/mol. The largest absolute Gasteiger partial charge is 0.497 e. The van der Waals surface area contributed by atoms with Gasteiger partial charge in [-0.2, -0.15) is 4.31 Å². The molecule has 8 nitrogen and oxygen atoms in total. The lowest BCUT2D eigenvalue weighted by Crippen LogP contribution is -2.35. The second-order valence-corrected chi connectivity index (χ2v) is 10.0. The topological polar surface area (TPSA) is 93.0 Å². The van der Waals surface area contributed by atoms with Crippen molar-refractivity contribution < 1.29 is 18.1 Å². The molecule has 0 bridgehead atoms. The Balaban J connectivity index is 1.58. The summed E-state index contributed by atoms with van der Waals surface area (Å²) >= 11 is 0. The van der Waals surface area contributed by atoms with Gasteiger partial charge >= 0.3 is 0 Å². The second-order valence-electron chi connectivity index (χ2n) is 8.08. The first kappa shape index (κ1) is 21.6. The Labute approximate surface area is 182 Å². The van der Waals surface area contributed by atoms with Crippen LogP contribution in [0.4, 0.5) is 11.4 Å². The van der Waals surface area contributed by atoms with E-state index in [1.165, 1.54) is 16.4 Å². The van der Waals surface area contributed by atoms with Crippen LogP contribution < -0.4 is 9.64 Å². The number of hydrogen-bond acceptors (Lipinski definition) is 6. The monoisotopic (exact) mass is 445 g/mol. The number of nitrogens with zero attached hydrogens (tertiary/aromatic N) is 3. The van der Waals surface area contributed by atoms with Gasteiger partial charge in [-0.1, -0.05) is 18.6 Å². The molecule has 1 atom stereocenters. The molecule has 0 saturated carbocycles. The maximum absolute atomic E-state index is 13.0. The van der Waals surface area contributed by atoms with Gasteiger partial charge in [-0.15, -0.1) is 0 Å². The lowest BCUT2D eigenvalue weighted by Gasteiger charge is -2.26. The van der Waals surface area contributed by atoms with Crippen LogP contribution in [0.15, 0.2) is 47.4 Å². The van der Waals surface area contributed by atoms with E-state index in [4.69, 9.17) is 4.74 Å². The van der Waals surface area contributed by atoms with Crippen LogP contribution >= 0.6 is 0 Å². The average Bonchev–Trinajstić information content (AvgIpc) is 3.29. The van der Waals surface area contributed by atoms with Crippen LogP contribution in [0.3, 0.4) is 0 Å². The highest BCUT2D eigenvalue weighted by atomic mass is 32.2. The van der Waals surface area contributed by atoms with Crippen molar-refractivity contribution in [2.75, 3.05) is 38.2 Å². The van der Waals surface area contributed by atoms with E-state index in [0.717, 1.165) is 37.0 Å². The van der Waals surface area contributed by atoms with Crippen molar-refractivity contribution in [3.63, 3.8) is 0 Å². The number of rotatable bonds is 6. The molecule has 31 heavy (non-hydrogen) atoms. The minimum absolute atomic E-state index is 0.00393. The maximum atomic E-state index is 13.0. The van der Waals surface area contributed by atoms with Crippen molar-refractivity contribution in [3.05, 3.63) is 58.1 Å². The van der Waals surface area contributed by atoms with E-state index < -0.39 is 14.9 Å². The van der Waals surface area contributed by atoms with Crippen LogP contribution in [0.1, 0.15) is 37.2 Å². The molecule has 0 spiro atoms. The van der Waals surface area contributed by atoms with Crippen LogP contribution in [0, 0.1) is 10.1 Å². The SMILES string of the molecule is COc1ccc(C2CCN(c3ccc(S(=O)(=O)N4CCCCC4)cc3[N+](=O)[O-])C2)cc1. The van der Waals surface area contributed by atoms with Gasteiger partial charge in [0, 0.05) is 38.2 Å². The fourth-order valence-corrected chi connectivity index (χ4v) is 6.00. The van der Waals surface area contributed by atoms with Gasteiger partial charge in [0.25, 0.3) is 5.69 Å². The van der Waals surface area contributed by atoms with Gasteiger partial charge in [0.05, 0.1) is 16.9 Å². The van der Waals surface area contributed by atoms with E-state index in [2.05, 4.69) is 0 Å². The number of hydrogen-bond donors (Lipinski definition) is 0. The first-order valence-electron chi connectivity index (χ1n) is 10.6. The van der Waals surface area contributed by atoms with E-state index >= 15 is 0 Å². The number of ether oxygens (including phenoxy) is 1. The van der Waals surface area contributed by atoms with Crippen molar-refractivity contribution in [2.45, 2.75) is 36.5 Å². The number of methoxy groups -OCH3 is 1. The molecule has 1 unspecified atom stereocenters. The van der Waals surface area contributed by atoms with Gasteiger partial charge in [-0.25, -0.2) is 8.42 Å². The minimum Gasteiger partial charge on any atom is -0.497 e. The molecular formula is C22H27N3O5S. The zero-order valence-electron chi connectivity index (χ0n) is 17.6. The van der Waals surface area contributed by atoms with Crippen molar-refractivity contribution in [2.24, 2.45) is 0 Å². The van der Waals surface area contributed by atoms with Gasteiger partial charge < -0.3 is 9.64 Å². The second kappa shape index (κ2) is 8.84. The zero-order chi connectivity index (χ0) is 22.0. The molecule has 0 aliphatic carbocycles. The Morgan fingerprint density at radius 2 is 1.74 bits per heavy atom. The molecule has 4 rings (SSSR count). The third-order valence-corrected chi connectivity index (χ3v) is 8.11. The van der Waals surface area contributed by atoms with E-state index in [-0.39, 0.29) is 16.5 Å². The van der Waals surface area contributed by atoms with Gasteiger partial charge in [0.2, 0.25) is 10.0 Å². The summed E-state index contributed by atoms with van der Waals surface area (Å²) in [4.78, 5) is 13.3. The number of nitro groups is 1. The molecule has 2 aliphatic heterocycles. The fourth-order valence-electron chi connectivity index (χ4n) is 4.46. The number of anilines is 1. The van der Waals surface area contributed by atoms with Crippen molar-refractivity contribution in [1.82, 2.24) is 4.31 Å². The first-order chi connectivity index (χ1) is 14.9. The summed E-state index contributed by atoms with van der Waals surface area (Å²) < 4.78 is 32.6. The summed E-state index contributed by atoms with van der Waals surface area (Å²) in [7, 11) is -2.09. The van der Waals surface area contributed by atoms with Crippen molar-refractivity contribution >= 4 is 21.4 Å². The zero-order valence-corrected chi connectivity index (χ0v) is 18.4. The van der Waals surface area contributed by atoms with Crippen LogP contribution in [0.5, 0.6) is 5.75 Å².